The van der Waals surface area contributed by atoms with Gasteiger partial charge >= 0.3 is 0 Å². The number of carbonyl (C=O) groups excluding carboxylic acids is 1. The van der Waals surface area contributed by atoms with E-state index in [1.165, 1.54) is 22.0 Å². The summed E-state index contributed by atoms with van der Waals surface area (Å²) in [5, 5.41) is 4.39. The second-order valence-electron chi connectivity index (χ2n) is 8.57. The maximum absolute atomic E-state index is 13.2. The first kappa shape index (κ1) is 19.0. The van der Waals surface area contributed by atoms with Crippen molar-refractivity contribution in [2.45, 2.75) is 38.6 Å². The molecule has 1 aliphatic carbocycles. The SMILES string of the molecule is C=CCN1C[C@H](C(=O)Nc2cc(C)nc(C)n2)CC2c3cccc4[nH]cc(c34)C[C@H]21. The molecular formula is C24H27N5O. The summed E-state index contributed by atoms with van der Waals surface area (Å²) >= 11 is 0. The molecule has 2 aromatic heterocycles. The topological polar surface area (TPSA) is 73.9 Å². The second-order valence-corrected chi connectivity index (χ2v) is 8.57. The largest absolute Gasteiger partial charge is 0.361 e. The van der Waals surface area contributed by atoms with Gasteiger partial charge in [-0.1, -0.05) is 18.2 Å². The van der Waals surface area contributed by atoms with Crippen LogP contribution in [-0.2, 0) is 11.2 Å². The van der Waals surface area contributed by atoms with Gasteiger partial charge < -0.3 is 10.3 Å². The average molecular weight is 402 g/mol. The Balaban J connectivity index is 1.46. The first-order chi connectivity index (χ1) is 14.5. The molecule has 6 nitrogen and oxygen atoms in total. The van der Waals surface area contributed by atoms with Gasteiger partial charge in [0, 0.05) is 53.9 Å². The fraction of sp³-hybridized carbons (Fsp3) is 0.375. The van der Waals surface area contributed by atoms with Crippen LogP contribution in [0.4, 0.5) is 5.82 Å². The number of aromatic nitrogens is 3. The molecule has 1 fully saturated rings. The van der Waals surface area contributed by atoms with Crippen LogP contribution >= 0.6 is 0 Å². The molecule has 0 bridgehead atoms. The van der Waals surface area contributed by atoms with E-state index in [4.69, 9.17) is 0 Å². The number of nitrogens with zero attached hydrogens (tertiary/aromatic N) is 3. The Labute approximate surface area is 176 Å². The lowest BCUT2D eigenvalue weighted by Gasteiger charge is -2.46. The van der Waals surface area contributed by atoms with Crippen molar-refractivity contribution in [2.24, 2.45) is 5.92 Å². The van der Waals surface area contributed by atoms with E-state index >= 15 is 0 Å². The van der Waals surface area contributed by atoms with E-state index in [0.29, 0.717) is 23.6 Å². The lowest BCUT2D eigenvalue weighted by atomic mass is 9.72. The van der Waals surface area contributed by atoms with Crippen LogP contribution in [0.1, 0.15) is 35.0 Å². The van der Waals surface area contributed by atoms with Crippen LogP contribution in [0.2, 0.25) is 0 Å². The minimum atomic E-state index is -0.0995. The molecule has 2 aliphatic rings. The molecule has 1 amide bonds. The van der Waals surface area contributed by atoms with Gasteiger partial charge in [-0.25, -0.2) is 9.97 Å². The van der Waals surface area contributed by atoms with E-state index in [-0.39, 0.29) is 11.8 Å². The molecule has 2 N–H and O–H groups in total. The van der Waals surface area contributed by atoms with Crippen LogP contribution in [0.3, 0.4) is 0 Å². The van der Waals surface area contributed by atoms with Crippen LogP contribution in [0.25, 0.3) is 10.9 Å². The number of hydrogen-bond acceptors (Lipinski definition) is 4. The number of aryl methyl sites for hydroxylation is 2. The maximum atomic E-state index is 13.2. The second kappa shape index (κ2) is 7.36. The quantitative estimate of drug-likeness (QED) is 0.654. The summed E-state index contributed by atoms with van der Waals surface area (Å²) in [5.74, 6) is 1.52. The number of fused-ring (bicyclic) bond motifs is 2. The summed E-state index contributed by atoms with van der Waals surface area (Å²) < 4.78 is 0. The number of benzene rings is 1. The highest BCUT2D eigenvalue weighted by atomic mass is 16.2. The Hall–Kier alpha value is -2.99. The van der Waals surface area contributed by atoms with Crippen molar-refractivity contribution in [1.82, 2.24) is 19.9 Å². The number of anilines is 1. The van der Waals surface area contributed by atoms with E-state index in [2.05, 4.69) is 56.1 Å². The molecule has 1 saturated heterocycles. The normalized spacial score (nSPS) is 23.2. The van der Waals surface area contributed by atoms with Gasteiger partial charge in [-0.05, 0) is 43.9 Å². The number of amides is 1. The molecule has 154 valence electrons. The number of carbonyl (C=O) groups is 1. The van der Waals surface area contributed by atoms with E-state index < -0.39 is 0 Å². The number of hydrogen-bond donors (Lipinski definition) is 2. The van der Waals surface area contributed by atoms with E-state index in [9.17, 15) is 4.79 Å². The molecule has 3 heterocycles. The zero-order chi connectivity index (χ0) is 20.8. The number of nitrogens with one attached hydrogen (secondary N) is 2. The van der Waals surface area contributed by atoms with Crippen LogP contribution in [0.15, 0.2) is 43.1 Å². The minimum Gasteiger partial charge on any atom is -0.361 e. The Bertz CT molecular complexity index is 1110. The van der Waals surface area contributed by atoms with Crippen LogP contribution < -0.4 is 5.32 Å². The molecule has 5 rings (SSSR count). The van der Waals surface area contributed by atoms with Gasteiger partial charge in [0.15, 0.2) is 0 Å². The summed E-state index contributed by atoms with van der Waals surface area (Å²) in [6.45, 7) is 9.23. The van der Waals surface area contributed by atoms with E-state index in [1.807, 2.05) is 26.0 Å². The predicted octanol–water partition coefficient (Wildman–Crippen LogP) is 3.73. The Morgan fingerprint density at radius 2 is 2.23 bits per heavy atom. The van der Waals surface area contributed by atoms with Crippen molar-refractivity contribution >= 4 is 22.6 Å². The molecule has 0 spiro atoms. The van der Waals surface area contributed by atoms with Crippen molar-refractivity contribution in [3.63, 3.8) is 0 Å². The molecule has 6 heteroatoms. The van der Waals surface area contributed by atoms with Gasteiger partial charge in [0.05, 0.1) is 5.92 Å². The van der Waals surface area contributed by atoms with E-state index in [1.54, 1.807) is 0 Å². The molecule has 30 heavy (non-hydrogen) atoms. The maximum Gasteiger partial charge on any atom is 0.229 e. The molecule has 0 radical (unpaired) electrons. The number of likely N-dealkylation sites (tertiary alicyclic amines) is 1. The highest BCUT2D eigenvalue weighted by molar-refractivity contribution is 5.92. The number of rotatable bonds is 4. The smallest absolute Gasteiger partial charge is 0.229 e. The van der Waals surface area contributed by atoms with Crippen molar-refractivity contribution in [3.8, 4) is 0 Å². The van der Waals surface area contributed by atoms with E-state index in [0.717, 1.165) is 31.6 Å². The Morgan fingerprint density at radius 1 is 1.37 bits per heavy atom. The number of H-pyrrole nitrogens is 1. The van der Waals surface area contributed by atoms with Gasteiger partial charge in [-0.3, -0.25) is 9.69 Å². The average Bonchev–Trinajstić information content (AvgIpc) is 3.12. The summed E-state index contributed by atoms with van der Waals surface area (Å²) in [6.07, 6.45) is 5.95. The van der Waals surface area contributed by atoms with Gasteiger partial charge in [0.1, 0.15) is 11.6 Å². The third-order valence-electron chi connectivity index (χ3n) is 6.53. The zero-order valence-corrected chi connectivity index (χ0v) is 17.5. The summed E-state index contributed by atoms with van der Waals surface area (Å²) in [4.78, 5) is 27.8. The van der Waals surface area contributed by atoms with Crippen LogP contribution in [0.5, 0.6) is 0 Å². The van der Waals surface area contributed by atoms with Crippen molar-refractivity contribution in [3.05, 3.63) is 65.8 Å². The first-order valence-electron chi connectivity index (χ1n) is 10.6. The van der Waals surface area contributed by atoms with Gasteiger partial charge in [0.25, 0.3) is 0 Å². The molecule has 3 aromatic rings. The predicted molar refractivity (Wildman–Crippen MR) is 119 cm³/mol. The highest BCUT2D eigenvalue weighted by Crippen LogP contribution is 2.44. The lowest BCUT2D eigenvalue weighted by Crippen LogP contribution is -2.52. The summed E-state index contributed by atoms with van der Waals surface area (Å²) in [7, 11) is 0. The third kappa shape index (κ3) is 3.21. The standard InChI is InChI=1S/C24H27N5O/c1-4-8-29-13-17(24(30)28-22-9-14(2)26-15(3)27-22)10-19-18-6-5-7-20-23(18)16(12-25-20)11-21(19)29/h4-7,9,12,17,19,21,25H,1,8,10-11,13H2,2-3H3,(H,26,27,28,30)/t17-,19?,21-/m1/s1. The van der Waals surface area contributed by atoms with Crippen molar-refractivity contribution < 1.29 is 4.79 Å². The number of aromatic amines is 1. The van der Waals surface area contributed by atoms with Gasteiger partial charge in [0.2, 0.25) is 5.91 Å². The Kier molecular flexibility index (Phi) is 4.66. The van der Waals surface area contributed by atoms with Gasteiger partial charge in [-0.2, -0.15) is 0 Å². The van der Waals surface area contributed by atoms with Crippen molar-refractivity contribution in [2.75, 3.05) is 18.4 Å². The van der Waals surface area contributed by atoms with Gasteiger partial charge in [-0.15, -0.1) is 6.58 Å². The molecule has 1 aromatic carbocycles. The Morgan fingerprint density at radius 3 is 3.03 bits per heavy atom. The molecule has 3 atom stereocenters. The minimum absolute atomic E-state index is 0.0343. The molecular weight excluding hydrogens is 374 g/mol. The molecule has 1 aliphatic heterocycles. The van der Waals surface area contributed by atoms with Crippen LogP contribution in [-0.4, -0.2) is 44.9 Å². The van der Waals surface area contributed by atoms with Crippen LogP contribution in [0, 0.1) is 19.8 Å². The molecule has 1 unspecified atom stereocenters. The fourth-order valence-electron chi connectivity index (χ4n) is 5.37. The number of piperidine rings is 1. The summed E-state index contributed by atoms with van der Waals surface area (Å²) in [5.41, 5.74) is 4.79. The fourth-order valence-corrected chi connectivity index (χ4v) is 5.37. The zero-order valence-electron chi connectivity index (χ0n) is 17.5. The first-order valence-corrected chi connectivity index (χ1v) is 10.6. The molecule has 0 saturated carbocycles. The monoisotopic (exact) mass is 401 g/mol. The summed E-state index contributed by atoms with van der Waals surface area (Å²) in [6, 6.07) is 8.71. The highest BCUT2D eigenvalue weighted by Gasteiger charge is 2.42. The van der Waals surface area contributed by atoms with Crippen molar-refractivity contribution in [1.29, 1.82) is 0 Å². The third-order valence-corrected chi connectivity index (χ3v) is 6.53. The lowest BCUT2D eigenvalue weighted by molar-refractivity contribution is -0.122.